The first kappa shape index (κ1) is 34.5. The largest absolute Gasteiger partial charge is 0.465 e. The molecule has 16 heteroatoms. The van der Waals surface area contributed by atoms with E-state index in [-0.39, 0.29) is 46.8 Å². The van der Waals surface area contributed by atoms with Crippen molar-refractivity contribution in [2.75, 3.05) is 0 Å². The van der Waals surface area contributed by atoms with Gasteiger partial charge in [-0.25, -0.2) is 27.0 Å². The molecule has 3 heterocycles. The molecule has 13 nitrogen and oxygen atoms in total. The molecular formula is C35H35F2N5O8S. The van der Waals surface area contributed by atoms with Gasteiger partial charge in [0.05, 0.1) is 28.8 Å². The van der Waals surface area contributed by atoms with E-state index in [2.05, 4.69) is 20.0 Å². The zero-order valence-electron chi connectivity index (χ0n) is 27.3. The van der Waals surface area contributed by atoms with Gasteiger partial charge in [-0.1, -0.05) is 12.5 Å². The van der Waals surface area contributed by atoms with Crippen LogP contribution in [0.15, 0.2) is 52.7 Å². The van der Waals surface area contributed by atoms with Crippen LogP contribution in [0.2, 0.25) is 0 Å². The van der Waals surface area contributed by atoms with Gasteiger partial charge in [-0.05, 0) is 68.0 Å². The van der Waals surface area contributed by atoms with Gasteiger partial charge in [0.2, 0.25) is 27.7 Å². The number of allylic oxidation sites excluding steroid dienone is 2. The summed E-state index contributed by atoms with van der Waals surface area (Å²) in [6.45, 7) is 0. The van der Waals surface area contributed by atoms with E-state index in [0.29, 0.717) is 38.5 Å². The van der Waals surface area contributed by atoms with Crippen LogP contribution in [-0.4, -0.2) is 76.9 Å². The van der Waals surface area contributed by atoms with Crippen LogP contribution < -0.4 is 14.8 Å². The number of aliphatic imine (C=N–C) groups is 1. The molecule has 2 aliphatic carbocycles. The fourth-order valence-corrected chi connectivity index (χ4v) is 8.29. The maximum absolute atomic E-state index is 15.4. The number of carbonyl (C=O) groups excluding carboxylic acids is 3. The number of rotatable bonds is 6. The number of aromatic nitrogens is 1. The minimum absolute atomic E-state index is 0.0116. The zero-order valence-corrected chi connectivity index (χ0v) is 28.1. The number of nitrogens with one attached hydrogen (secondary N) is 2. The zero-order chi connectivity index (χ0) is 36.0. The normalized spacial score (nSPS) is 24.5. The molecule has 1 saturated heterocycles. The first-order valence-corrected chi connectivity index (χ1v) is 18.4. The Hall–Kier alpha value is -4.99. The van der Waals surface area contributed by atoms with Gasteiger partial charge in [-0.2, -0.15) is 0 Å². The molecule has 0 bridgehead atoms. The van der Waals surface area contributed by atoms with Crippen LogP contribution in [-0.2, 0) is 24.4 Å². The lowest BCUT2D eigenvalue weighted by molar-refractivity contribution is -0.137. The Labute approximate surface area is 291 Å². The number of amides is 3. The van der Waals surface area contributed by atoms with E-state index < -0.39 is 81.2 Å². The van der Waals surface area contributed by atoms with Gasteiger partial charge in [0.15, 0.2) is 12.0 Å². The SMILES string of the molecule is O=C(O)N[C@H]1CCCCC2=C(C2)N=C[C@@H]2[C@H](C(=O)NS(=O)(=O)C3CC3)CC(=O)N2[C@H](Oc2nc3ccc(F)cc3c3c(F)cccc23)CCC1=O. The summed E-state index contributed by atoms with van der Waals surface area (Å²) in [7, 11) is -3.96. The third-order valence-corrected chi connectivity index (χ3v) is 11.6. The number of ether oxygens (including phenoxy) is 1. The number of Topliss-reactive ketones (excluding diaryl/α,β-unsaturated/α-hetero) is 1. The molecule has 51 heavy (non-hydrogen) atoms. The minimum atomic E-state index is -3.96. The Bertz CT molecular complexity index is 2140. The van der Waals surface area contributed by atoms with Crippen molar-refractivity contribution in [3.8, 4) is 5.88 Å². The summed E-state index contributed by atoms with van der Waals surface area (Å²) >= 11 is 0. The first-order chi connectivity index (χ1) is 24.4. The molecule has 3 N–H and O–H groups in total. The number of pyridine rings is 1. The van der Waals surface area contributed by atoms with Crippen LogP contribution in [0.25, 0.3) is 21.7 Å². The lowest BCUT2D eigenvalue weighted by Crippen LogP contribution is -2.50. The van der Waals surface area contributed by atoms with Gasteiger partial charge in [0.25, 0.3) is 0 Å². The molecule has 1 aromatic heterocycles. The highest BCUT2D eigenvalue weighted by molar-refractivity contribution is 7.90. The van der Waals surface area contributed by atoms with Gasteiger partial charge < -0.3 is 15.2 Å². The molecule has 0 unspecified atom stereocenters. The lowest BCUT2D eigenvalue weighted by atomic mass is 9.99. The summed E-state index contributed by atoms with van der Waals surface area (Å²) in [4.78, 5) is 63.0. The van der Waals surface area contributed by atoms with E-state index in [1.54, 1.807) is 0 Å². The molecular weight excluding hydrogens is 688 g/mol. The molecule has 7 rings (SSSR count). The highest BCUT2D eigenvalue weighted by Gasteiger charge is 2.49. The van der Waals surface area contributed by atoms with Crippen molar-refractivity contribution in [1.82, 2.24) is 19.9 Å². The molecule has 3 aromatic rings. The number of nitrogens with zero attached hydrogens (tertiary/aromatic N) is 3. The Morgan fingerprint density at radius 1 is 1.00 bits per heavy atom. The van der Waals surface area contributed by atoms with Gasteiger partial charge in [0.1, 0.15) is 11.6 Å². The number of fused-ring (bicyclic) bond motifs is 4. The van der Waals surface area contributed by atoms with E-state index in [0.717, 1.165) is 23.4 Å². The molecule has 0 radical (unpaired) electrons. The van der Waals surface area contributed by atoms with Gasteiger partial charge in [0, 0.05) is 53.8 Å². The highest BCUT2D eigenvalue weighted by Crippen LogP contribution is 2.39. The topological polar surface area (TPSA) is 184 Å². The Balaban J connectivity index is 1.31. The number of sulfonamides is 1. The molecule has 1 saturated carbocycles. The smallest absolute Gasteiger partial charge is 0.405 e. The predicted molar refractivity (Wildman–Crippen MR) is 180 cm³/mol. The fraction of sp³-hybridized carbons (Fsp3) is 0.429. The number of hydrogen-bond donors (Lipinski definition) is 3. The molecule has 2 aliphatic heterocycles. The van der Waals surface area contributed by atoms with Crippen molar-refractivity contribution >= 4 is 61.6 Å². The quantitative estimate of drug-likeness (QED) is 0.309. The van der Waals surface area contributed by atoms with E-state index in [4.69, 9.17) is 4.74 Å². The Morgan fingerprint density at radius 3 is 2.57 bits per heavy atom. The molecule has 0 spiro atoms. The van der Waals surface area contributed by atoms with Crippen LogP contribution in [0.5, 0.6) is 5.88 Å². The standard InChI is InChI=1S/C35H35F2N5O8S/c36-19-8-11-25-22(15-19)32-21(5-3-6-24(32)37)34(39-25)50-31-13-12-29(43)26(40-35(46)47)7-2-1-4-18-14-27(18)38-17-28-23(16-30(44)42(28)31)33(45)41-51(48,49)20-9-10-20/h3,5-6,8,11,15,17,20,23,26,28,31,40H,1-2,4,7,9-10,12-14,16H2,(H,41,45)(H,46,47)/t23-,26+,28-,31-/m1/s1. The van der Waals surface area contributed by atoms with Crippen LogP contribution >= 0.6 is 0 Å². The van der Waals surface area contributed by atoms with E-state index in [1.165, 1.54) is 35.4 Å². The summed E-state index contributed by atoms with van der Waals surface area (Å²) in [6.07, 6.45) is 1.46. The summed E-state index contributed by atoms with van der Waals surface area (Å²) in [6, 6.07) is 5.63. The molecule has 4 atom stereocenters. The molecule has 4 aliphatic rings. The third kappa shape index (κ3) is 7.27. The van der Waals surface area contributed by atoms with Crippen molar-refractivity contribution in [3.05, 3.63) is 59.3 Å². The second kappa shape index (κ2) is 13.6. The van der Waals surface area contributed by atoms with Crippen LogP contribution in [0.3, 0.4) is 0 Å². The summed E-state index contributed by atoms with van der Waals surface area (Å²) in [5.74, 6) is -4.56. The first-order valence-electron chi connectivity index (χ1n) is 16.9. The maximum atomic E-state index is 15.4. The van der Waals surface area contributed by atoms with Gasteiger partial charge in [-0.3, -0.25) is 29.0 Å². The summed E-state index contributed by atoms with van der Waals surface area (Å²) in [5.41, 5.74) is 1.98. The Kier molecular flexibility index (Phi) is 9.20. The van der Waals surface area contributed by atoms with E-state index >= 15 is 4.39 Å². The average Bonchev–Trinajstić information content (AvgIpc) is 4.01. The highest BCUT2D eigenvalue weighted by atomic mass is 32.2. The monoisotopic (exact) mass is 723 g/mol. The number of benzene rings is 2. The number of halogens is 2. The van der Waals surface area contributed by atoms with Crippen molar-refractivity contribution < 1.29 is 46.2 Å². The molecule has 2 fully saturated rings. The minimum Gasteiger partial charge on any atom is -0.465 e. The van der Waals surface area contributed by atoms with Crippen molar-refractivity contribution in [3.63, 3.8) is 0 Å². The number of hydrogen-bond acceptors (Lipinski definition) is 9. The van der Waals surface area contributed by atoms with Gasteiger partial charge in [-0.15, -0.1) is 0 Å². The van der Waals surface area contributed by atoms with Crippen LogP contribution in [0.1, 0.15) is 64.2 Å². The molecule has 268 valence electrons. The summed E-state index contributed by atoms with van der Waals surface area (Å²) in [5, 5.41) is 11.4. The van der Waals surface area contributed by atoms with Gasteiger partial charge >= 0.3 is 6.09 Å². The number of carboxylic acid groups (broad SMARTS) is 1. The molecule has 3 amide bonds. The average molecular weight is 724 g/mol. The number of carbonyl (C=O) groups is 4. The maximum Gasteiger partial charge on any atom is 0.405 e. The number of ketones is 1. The van der Waals surface area contributed by atoms with E-state index in [9.17, 15) is 37.1 Å². The lowest BCUT2D eigenvalue weighted by Gasteiger charge is -2.33. The second-order valence-corrected chi connectivity index (χ2v) is 15.3. The van der Waals surface area contributed by atoms with Crippen molar-refractivity contribution in [2.24, 2.45) is 10.9 Å². The second-order valence-electron chi connectivity index (χ2n) is 13.4. The Morgan fingerprint density at radius 2 is 1.80 bits per heavy atom. The molecule has 2 aromatic carbocycles. The third-order valence-electron chi connectivity index (χ3n) is 9.80. The predicted octanol–water partition coefficient (Wildman–Crippen LogP) is 4.48. The fourth-order valence-electron chi connectivity index (χ4n) is 6.94. The van der Waals surface area contributed by atoms with Crippen molar-refractivity contribution in [2.45, 2.75) is 87.8 Å². The van der Waals surface area contributed by atoms with Crippen LogP contribution in [0.4, 0.5) is 13.6 Å². The van der Waals surface area contributed by atoms with Crippen LogP contribution in [0, 0.1) is 17.6 Å². The summed E-state index contributed by atoms with van der Waals surface area (Å²) < 4.78 is 63.8. The van der Waals surface area contributed by atoms with E-state index in [1.807, 2.05) is 0 Å². The van der Waals surface area contributed by atoms with Crippen molar-refractivity contribution in [1.29, 1.82) is 0 Å².